The number of nitrogens with zero attached hydrogens (tertiary/aromatic N) is 3. The van der Waals surface area contributed by atoms with E-state index in [1.54, 1.807) is 11.3 Å². The maximum absolute atomic E-state index is 9.66. The fourth-order valence-electron chi connectivity index (χ4n) is 3.15. The van der Waals surface area contributed by atoms with Crippen molar-refractivity contribution in [2.75, 3.05) is 0 Å². The molecule has 0 spiro atoms. The third-order valence-corrected chi connectivity index (χ3v) is 6.78. The van der Waals surface area contributed by atoms with Crippen molar-refractivity contribution >= 4 is 51.0 Å². The first-order valence-electron chi connectivity index (χ1n) is 8.66. The summed E-state index contributed by atoms with van der Waals surface area (Å²) in [5.74, 6) is 0. The standard InChI is InChI=1S/C22H16ClN3S2/c1-14-11-16(15(2)26(14)20-9-5-3-7-18(20)23)12-17(13-24)27-22-25-19-8-4-6-10-21(19)28-22/h3-12H,1-2H3. The number of hydrogen-bond donors (Lipinski definition) is 0. The molecule has 0 aliphatic carbocycles. The molecular weight excluding hydrogens is 406 g/mol. The van der Waals surface area contributed by atoms with Crippen molar-refractivity contribution in [3.05, 3.63) is 81.5 Å². The fraction of sp³-hybridized carbons (Fsp3) is 0.0909. The van der Waals surface area contributed by atoms with E-state index in [-0.39, 0.29) is 0 Å². The number of fused-ring (bicyclic) bond motifs is 1. The third-order valence-electron chi connectivity index (χ3n) is 4.43. The average Bonchev–Trinajstić information content (AvgIpc) is 3.22. The SMILES string of the molecule is Cc1cc(C=C(C#N)Sc2nc3ccccc3s2)c(C)n1-c1ccccc1Cl. The smallest absolute Gasteiger partial charge is 0.156 e. The number of halogens is 1. The molecule has 4 aromatic rings. The molecule has 138 valence electrons. The van der Waals surface area contributed by atoms with E-state index in [0.29, 0.717) is 9.93 Å². The molecule has 2 heterocycles. The van der Waals surface area contributed by atoms with Gasteiger partial charge in [0.05, 0.1) is 25.8 Å². The number of thiazole rings is 1. The third kappa shape index (κ3) is 3.59. The van der Waals surface area contributed by atoms with Gasteiger partial charge in [-0.2, -0.15) is 5.26 Å². The van der Waals surface area contributed by atoms with Crippen LogP contribution in [0.4, 0.5) is 0 Å². The van der Waals surface area contributed by atoms with Crippen LogP contribution in [0.15, 0.2) is 63.8 Å². The van der Waals surface area contributed by atoms with Crippen LogP contribution in [0.25, 0.3) is 22.0 Å². The van der Waals surface area contributed by atoms with Crippen molar-refractivity contribution in [3.8, 4) is 11.8 Å². The van der Waals surface area contributed by atoms with Crippen LogP contribution < -0.4 is 0 Å². The Morgan fingerprint density at radius 2 is 1.93 bits per heavy atom. The first-order valence-corrected chi connectivity index (χ1v) is 10.7. The highest BCUT2D eigenvalue weighted by Gasteiger charge is 2.13. The molecule has 2 aromatic heterocycles. The van der Waals surface area contributed by atoms with Crippen LogP contribution in [-0.2, 0) is 0 Å². The van der Waals surface area contributed by atoms with E-state index in [1.807, 2.05) is 68.5 Å². The predicted molar refractivity (Wildman–Crippen MR) is 119 cm³/mol. The molecule has 0 saturated carbocycles. The minimum Gasteiger partial charge on any atom is -0.316 e. The number of hydrogen-bond acceptors (Lipinski definition) is 4. The second-order valence-electron chi connectivity index (χ2n) is 6.28. The Labute approximate surface area is 176 Å². The zero-order valence-electron chi connectivity index (χ0n) is 15.3. The predicted octanol–water partition coefficient (Wildman–Crippen LogP) is 7.01. The summed E-state index contributed by atoms with van der Waals surface area (Å²) in [4.78, 5) is 5.22. The normalized spacial score (nSPS) is 11.7. The number of nitriles is 1. The number of para-hydroxylation sites is 2. The maximum Gasteiger partial charge on any atom is 0.156 e. The highest BCUT2D eigenvalue weighted by Crippen LogP contribution is 2.35. The number of benzene rings is 2. The zero-order chi connectivity index (χ0) is 19.7. The lowest BCUT2D eigenvalue weighted by Crippen LogP contribution is -1.99. The molecule has 0 aliphatic heterocycles. The molecule has 0 saturated heterocycles. The van der Waals surface area contributed by atoms with Gasteiger partial charge in [0, 0.05) is 11.4 Å². The molecule has 0 amide bonds. The van der Waals surface area contributed by atoms with Crippen molar-refractivity contribution in [1.29, 1.82) is 5.26 Å². The number of aromatic nitrogens is 2. The molecule has 0 aliphatic rings. The molecule has 0 fully saturated rings. The first kappa shape index (κ1) is 18.8. The molecule has 0 bridgehead atoms. The van der Waals surface area contributed by atoms with Crippen LogP contribution in [0.5, 0.6) is 0 Å². The Hall–Kier alpha value is -2.52. The van der Waals surface area contributed by atoms with E-state index in [0.717, 1.165) is 37.2 Å². The van der Waals surface area contributed by atoms with Gasteiger partial charge in [0.1, 0.15) is 6.07 Å². The highest BCUT2D eigenvalue weighted by atomic mass is 35.5. The highest BCUT2D eigenvalue weighted by molar-refractivity contribution is 8.05. The largest absolute Gasteiger partial charge is 0.316 e. The van der Waals surface area contributed by atoms with E-state index in [1.165, 1.54) is 11.8 Å². The van der Waals surface area contributed by atoms with Crippen molar-refractivity contribution in [3.63, 3.8) is 0 Å². The monoisotopic (exact) mass is 421 g/mol. The zero-order valence-corrected chi connectivity index (χ0v) is 17.7. The maximum atomic E-state index is 9.66. The molecule has 28 heavy (non-hydrogen) atoms. The van der Waals surface area contributed by atoms with Gasteiger partial charge in [0.25, 0.3) is 0 Å². The van der Waals surface area contributed by atoms with Gasteiger partial charge in [-0.25, -0.2) is 4.98 Å². The molecular formula is C22H16ClN3S2. The van der Waals surface area contributed by atoms with E-state index in [2.05, 4.69) is 21.7 Å². The summed E-state index contributed by atoms with van der Waals surface area (Å²) in [6.45, 7) is 4.08. The van der Waals surface area contributed by atoms with E-state index in [9.17, 15) is 5.26 Å². The molecule has 2 aromatic carbocycles. The van der Waals surface area contributed by atoms with Gasteiger partial charge in [-0.05, 0) is 67.6 Å². The van der Waals surface area contributed by atoms with Gasteiger partial charge in [-0.1, -0.05) is 35.9 Å². The Morgan fingerprint density at radius 3 is 2.68 bits per heavy atom. The topological polar surface area (TPSA) is 41.6 Å². The summed E-state index contributed by atoms with van der Waals surface area (Å²) in [7, 11) is 0. The fourth-order valence-corrected chi connectivity index (χ4v) is 5.34. The summed E-state index contributed by atoms with van der Waals surface area (Å²) >= 11 is 9.40. The van der Waals surface area contributed by atoms with E-state index >= 15 is 0 Å². The lowest BCUT2D eigenvalue weighted by Gasteiger charge is -2.11. The van der Waals surface area contributed by atoms with Crippen molar-refractivity contribution in [1.82, 2.24) is 9.55 Å². The molecule has 6 heteroatoms. The summed E-state index contributed by atoms with van der Waals surface area (Å²) in [5.41, 5.74) is 5.02. The van der Waals surface area contributed by atoms with Crippen molar-refractivity contribution in [2.24, 2.45) is 0 Å². The molecule has 0 N–H and O–H groups in total. The first-order chi connectivity index (χ1) is 13.6. The summed E-state index contributed by atoms with van der Waals surface area (Å²) in [5, 5.41) is 10.4. The minimum absolute atomic E-state index is 0.610. The van der Waals surface area contributed by atoms with Gasteiger partial charge in [0.15, 0.2) is 4.34 Å². The van der Waals surface area contributed by atoms with Crippen LogP contribution in [-0.4, -0.2) is 9.55 Å². The molecule has 0 atom stereocenters. The van der Waals surface area contributed by atoms with E-state index < -0.39 is 0 Å². The van der Waals surface area contributed by atoms with Crippen LogP contribution in [0.2, 0.25) is 5.02 Å². The van der Waals surface area contributed by atoms with Gasteiger partial charge in [-0.3, -0.25) is 0 Å². The number of rotatable bonds is 4. The summed E-state index contributed by atoms with van der Waals surface area (Å²) in [6.07, 6.45) is 1.92. The minimum atomic E-state index is 0.610. The Morgan fingerprint density at radius 1 is 1.18 bits per heavy atom. The molecule has 3 nitrogen and oxygen atoms in total. The summed E-state index contributed by atoms with van der Waals surface area (Å²) in [6, 6.07) is 20.2. The van der Waals surface area contributed by atoms with E-state index in [4.69, 9.17) is 11.6 Å². The van der Waals surface area contributed by atoms with Crippen molar-refractivity contribution < 1.29 is 0 Å². The summed E-state index contributed by atoms with van der Waals surface area (Å²) < 4.78 is 4.11. The lowest BCUT2D eigenvalue weighted by atomic mass is 10.2. The second-order valence-corrected chi connectivity index (χ2v) is 9.01. The molecule has 0 unspecified atom stereocenters. The Balaban J connectivity index is 1.70. The van der Waals surface area contributed by atoms with Gasteiger partial charge >= 0.3 is 0 Å². The van der Waals surface area contributed by atoms with Gasteiger partial charge in [0.2, 0.25) is 0 Å². The van der Waals surface area contributed by atoms with Crippen LogP contribution in [0, 0.1) is 25.2 Å². The Kier molecular flexibility index (Phi) is 5.27. The molecule has 0 radical (unpaired) electrons. The van der Waals surface area contributed by atoms with Crippen LogP contribution in [0.3, 0.4) is 0 Å². The lowest BCUT2D eigenvalue weighted by molar-refractivity contribution is 0.965. The number of thioether (sulfide) groups is 1. The number of allylic oxidation sites excluding steroid dienone is 1. The van der Waals surface area contributed by atoms with Gasteiger partial charge in [-0.15, -0.1) is 11.3 Å². The van der Waals surface area contributed by atoms with Crippen LogP contribution >= 0.6 is 34.7 Å². The van der Waals surface area contributed by atoms with Crippen molar-refractivity contribution in [2.45, 2.75) is 18.2 Å². The number of aryl methyl sites for hydroxylation is 1. The quantitative estimate of drug-likeness (QED) is 0.262. The average molecular weight is 422 g/mol. The second kappa shape index (κ2) is 7.84. The molecule has 4 rings (SSSR count). The van der Waals surface area contributed by atoms with Crippen LogP contribution in [0.1, 0.15) is 17.0 Å². The Bertz CT molecular complexity index is 1210. The van der Waals surface area contributed by atoms with Gasteiger partial charge < -0.3 is 4.57 Å².